The molecule has 0 fully saturated rings. The van der Waals surface area contributed by atoms with Crippen LogP contribution in [0.15, 0.2) is 47.3 Å². The molecule has 5 nitrogen and oxygen atoms in total. The minimum absolute atomic E-state index is 0.283. The number of benzene rings is 2. The van der Waals surface area contributed by atoms with Crippen LogP contribution in [-0.4, -0.2) is 20.6 Å². The lowest BCUT2D eigenvalue weighted by Gasteiger charge is -2.12. The normalized spacial score (nSPS) is 10.9. The summed E-state index contributed by atoms with van der Waals surface area (Å²) in [5.41, 5.74) is 1.21. The van der Waals surface area contributed by atoms with Gasteiger partial charge in [0.05, 0.1) is 10.5 Å². The van der Waals surface area contributed by atoms with E-state index < -0.39 is 17.2 Å². The Morgan fingerprint density at radius 3 is 2.52 bits per heavy atom. The number of carbonyl (C=O) groups is 1. The molecular formula is C17H13ClN2O3. The van der Waals surface area contributed by atoms with Crippen molar-refractivity contribution in [2.75, 3.05) is 0 Å². The maximum absolute atomic E-state index is 12.6. The Hall–Kier alpha value is -2.66. The third-order valence-electron chi connectivity index (χ3n) is 3.64. The van der Waals surface area contributed by atoms with E-state index in [9.17, 15) is 14.7 Å². The summed E-state index contributed by atoms with van der Waals surface area (Å²) >= 11 is 6.12. The Labute approximate surface area is 136 Å². The van der Waals surface area contributed by atoms with Crippen molar-refractivity contribution in [2.45, 2.75) is 13.3 Å². The second-order valence-corrected chi connectivity index (χ2v) is 5.44. The van der Waals surface area contributed by atoms with Gasteiger partial charge in [-0.15, -0.1) is 0 Å². The minimum atomic E-state index is -1.38. The smallest absolute Gasteiger partial charge is 0.360 e. The zero-order chi connectivity index (χ0) is 16.6. The van der Waals surface area contributed by atoms with Gasteiger partial charge in [0, 0.05) is 5.69 Å². The molecule has 23 heavy (non-hydrogen) atoms. The Morgan fingerprint density at radius 2 is 1.91 bits per heavy atom. The van der Waals surface area contributed by atoms with Crippen molar-refractivity contribution in [3.8, 4) is 5.69 Å². The molecule has 0 unspecified atom stereocenters. The number of halogens is 1. The summed E-state index contributed by atoms with van der Waals surface area (Å²) in [6.45, 7) is 2.03. The van der Waals surface area contributed by atoms with E-state index in [0.29, 0.717) is 16.2 Å². The van der Waals surface area contributed by atoms with Crippen LogP contribution in [0, 0.1) is 0 Å². The number of hydrogen-bond donors (Lipinski definition) is 1. The number of hydrogen-bond acceptors (Lipinski definition) is 3. The summed E-state index contributed by atoms with van der Waals surface area (Å²) in [7, 11) is 0. The molecule has 2 aromatic carbocycles. The van der Waals surface area contributed by atoms with Crippen LogP contribution in [0.3, 0.4) is 0 Å². The van der Waals surface area contributed by atoms with Crippen LogP contribution in [0.5, 0.6) is 0 Å². The molecule has 0 spiro atoms. The molecule has 0 bridgehead atoms. The zero-order valence-corrected chi connectivity index (χ0v) is 13.0. The highest BCUT2D eigenvalue weighted by Crippen LogP contribution is 2.23. The number of rotatable bonds is 3. The van der Waals surface area contributed by atoms with Crippen LogP contribution >= 0.6 is 11.6 Å². The predicted octanol–water partition coefficient (Wildman–Crippen LogP) is 3.30. The number of carboxylic acid groups (broad SMARTS) is 1. The fourth-order valence-electron chi connectivity index (χ4n) is 2.45. The van der Waals surface area contributed by atoms with Crippen molar-refractivity contribution < 1.29 is 9.90 Å². The van der Waals surface area contributed by atoms with Gasteiger partial charge in [0.1, 0.15) is 5.52 Å². The standard InChI is InChI=1S/C17H13ClN2O3/c1-2-10-6-8-11(9-7-10)20-13-5-3-4-12(18)14(13)19-15(16(20)21)17(22)23/h3-9H,2H2,1H3,(H,22,23). The average molecular weight is 329 g/mol. The minimum Gasteiger partial charge on any atom is -0.476 e. The number of fused-ring (bicyclic) bond motifs is 1. The molecule has 3 rings (SSSR count). The van der Waals surface area contributed by atoms with Gasteiger partial charge >= 0.3 is 5.97 Å². The summed E-state index contributed by atoms with van der Waals surface area (Å²) in [5, 5.41) is 9.55. The maximum Gasteiger partial charge on any atom is 0.360 e. The first-order valence-corrected chi connectivity index (χ1v) is 7.44. The summed E-state index contributed by atoms with van der Waals surface area (Å²) in [6, 6.07) is 12.4. The van der Waals surface area contributed by atoms with Crippen LogP contribution in [-0.2, 0) is 6.42 Å². The summed E-state index contributed by atoms with van der Waals surface area (Å²) < 4.78 is 1.33. The summed E-state index contributed by atoms with van der Waals surface area (Å²) in [5.74, 6) is -1.38. The van der Waals surface area contributed by atoms with Gasteiger partial charge in [-0.3, -0.25) is 9.36 Å². The lowest BCUT2D eigenvalue weighted by atomic mass is 10.1. The van der Waals surface area contributed by atoms with Gasteiger partial charge in [-0.1, -0.05) is 36.7 Å². The zero-order valence-electron chi connectivity index (χ0n) is 12.3. The third kappa shape index (κ3) is 2.59. The summed E-state index contributed by atoms with van der Waals surface area (Å²) in [6.07, 6.45) is 0.873. The van der Waals surface area contributed by atoms with E-state index in [4.69, 9.17) is 11.6 Å². The molecule has 6 heteroatoms. The number of aromatic carboxylic acids is 1. The van der Waals surface area contributed by atoms with Crippen LogP contribution in [0.4, 0.5) is 0 Å². The molecule has 1 N–H and O–H groups in total. The van der Waals surface area contributed by atoms with E-state index in [2.05, 4.69) is 4.98 Å². The largest absolute Gasteiger partial charge is 0.476 e. The monoisotopic (exact) mass is 328 g/mol. The van der Waals surface area contributed by atoms with E-state index in [-0.39, 0.29) is 5.52 Å². The Bertz CT molecular complexity index is 962. The van der Waals surface area contributed by atoms with E-state index in [0.717, 1.165) is 12.0 Å². The molecule has 0 radical (unpaired) electrons. The molecular weight excluding hydrogens is 316 g/mol. The van der Waals surface area contributed by atoms with E-state index in [1.54, 1.807) is 30.3 Å². The highest BCUT2D eigenvalue weighted by molar-refractivity contribution is 6.34. The van der Waals surface area contributed by atoms with Crippen LogP contribution < -0.4 is 5.56 Å². The molecule has 0 amide bonds. The first-order chi connectivity index (χ1) is 11.0. The SMILES string of the molecule is CCc1ccc(-n2c(=O)c(C(=O)O)nc3c(Cl)cccc32)cc1. The van der Waals surface area contributed by atoms with Crippen molar-refractivity contribution in [1.82, 2.24) is 9.55 Å². The molecule has 0 aliphatic heterocycles. The molecule has 0 aliphatic carbocycles. The van der Waals surface area contributed by atoms with Gasteiger partial charge in [0.25, 0.3) is 5.56 Å². The van der Waals surface area contributed by atoms with Crippen LogP contribution in [0.2, 0.25) is 5.02 Å². The first kappa shape index (κ1) is 15.2. The third-order valence-corrected chi connectivity index (χ3v) is 3.95. The topological polar surface area (TPSA) is 72.2 Å². The molecule has 0 saturated carbocycles. The van der Waals surface area contributed by atoms with Gasteiger partial charge in [0.2, 0.25) is 5.69 Å². The molecule has 116 valence electrons. The van der Waals surface area contributed by atoms with E-state index >= 15 is 0 Å². The number of nitrogens with zero attached hydrogens (tertiary/aromatic N) is 2. The molecule has 1 aromatic heterocycles. The second-order valence-electron chi connectivity index (χ2n) is 5.03. The van der Waals surface area contributed by atoms with E-state index in [1.807, 2.05) is 19.1 Å². The fraction of sp³-hybridized carbons (Fsp3) is 0.118. The number of aryl methyl sites for hydroxylation is 1. The van der Waals surface area contributed by atoms with Crippen LogP contribution in [0.1, 0.15) is 23.0 Å². The average Bonchev–Trinajstić information content (AvgIpc) is 2.54. The molecule has 0 saturated heterocycles. The number of aromatic nitrogens is 2. The van der Waals surface area contributed by atoms with Crippen LogP contribution in [0.25, 0.3) is 16.7 Å². The van der Waals surface area contributed by atoms with Crippen molar-refractivity contribution in [3.05, 3.63) is 69.1 Å². The van der Waals surface area contributed by atoms with Gasteiger partial charge in [-0.2, -0.15) is 0 Å². The summed E-state index contributed by atoms with van der Waals surface area (Å²) in [4.78, 5) is 27.8. The van der Waals surface area contributed by atoms with Gasteiger partial charge in [-0.05, 0) is 36.2 Å². The lowest BCUT2D eigenvalue weighted by molar-refractivity contribution is 0.0688. The van der Waals surface area contributed by atoms with Gasteiger partial charge < -0.3 is 5.11 Å². The van der Waals surface area contributed by atoms with E-state index in [1.165, 1.54) is 4.57 Å². The maximum atomic E-state index is 12.6. The Balaban J connectivity index is 2.41. The highest BCUT2D eigenvalue weighted by Gasteiger charge is 2.18. The number of para-hydroxylation sites is 1. The van der Waals surface area contributed by atoms with Gasteiger partial charge in [-0.25, -0.2) is 9.78 Å². The fourth-order valence-corrected chi connectivity index (χ4v) is 2.66. The Kier molecular flexibility index (Phi) is 3.88. The second kappa shape index (κ2) is 5.85. The van der Waals surface area contributed by atoms with Crippen molar-refractivity contribution in [1.29, 1.82) is 0 Å². The predicted molar refractivity (Wildman–Crippen MR) is 88.7 cm³/mol. The lowest BCUT2D eigenvalue weighted by Crippen LogP contribution is -2.27. The van der Waals surface area contributed by atoms with Crippen molar-refractivity contribution in [2.24, 2.45) is 0 Å². The van der Waals surface area contributed by atoms with Crippen molar-refractivity contribution >= 4 is 28.6 Å². The highest BCUT2D eigenvalue weighted by atomic mass is 35.5. The Morgan fingerprint density at radius 1 is 1.22 bits per heavy atom. The van der Waals surface area contributed by atoms with Crippen molar-refractivity contribution in [3.63, 3.8) is 0 Å². The van der Waals surface area contributed by atoms with Gasteiger partial charge in [0.15, 0.2) is 0 Å². The first-order valence-electron chi connectivity index (χ1n) is 7.06. The number of carboxylic acids is 1. The molecule has 1 heterocycles. The molecule has 3 aromatic rings. The molecule has 0 aliphatic rings. The quantitative estimate of drug-likeness (QED) is 0.800. The molecule has 0 atom stereocenters.